The number of hydrogen-bond acceptors (Lipinski definition) is 6. The van der Waals surface area contributed by atoms with E-state index in [2.05, 4.69) is 36.2 Å². The molecule has 4 aromatic rings. The van der Waals surface area contributed by atoms with Crippen LogP contribution < -0.4 is 5.43 Å². The van der Waals surface area contributed by atoms with Crippen molar-refractivity contribution in [3.05, 3.63) is 90.2 Å². The smallest absolute Gasteiger partial charge is 0.209 e. The average Bonchev–Trinajstić information content (AvgIpc) is 3.37. The molecule has 0 fully saturated rings. The van der Waals surface area contributed by atoms with Crippen LogP contribution in [0.5, 0.6) is 0 Å². The minimum Gasteiger partial charge on any atom is -0.452 e. The van der Waals surface area contributed by atoms with Gasteiger partial charge in [0, 0.05) is 10.9 Å². The van der Waals surface area contributed by atoms with E-state index in [-0.39, 0.29) is 17.0 Å². The van der Waals surface area contributed by atoms with Gasteiger partial charge in [-0.15, -0.1) is 21.5 Å². The number of hydrogen-bond donors (Lipinski definition) is 0. The molecule has 2 heterocycles. The van der Waals surface area contributed by atoms with Gasteiger partial charge in [-0.25, -0.2) is 0 Å². The molecule has 2 aromatic heterocycles. The molecule has 5 nitrogen and oxygen atoms in total. The molecule has 0 aliphatic heterocycles. The number of rotatable bonds is 4. The summed E-state index contributed by atoms with van der Waals surface area (Å²) in [5, 5.41) is 10.8. The van der Waals surface area contributed by atoms with Crippen LogP contribution in [0, 0.1) is 0 Å². The molecule has 1 aliphatic rings. The Hall–Kier alpha value is -2.83. The third-order valence-electron chi connectivity index (χ3n) is 6.05. The highest BCUT2D eigenvalue weighted by Gasteiger charge is 2.47. The number of nitrogens with zero attached hydrogens (tertiary/aromatic N) is 2. The molecule has 0 spiro atoms. The van der Waals surface area contributed by atoms with Gasteiger partial charge < -0.3 is 4.42 Å². The molecule has 5 rings (SSSR count). The second-order valence-electron chi connectivity index (χ2n) is 8.34. The zero-order valence-electron chi connectivity index (χ0n) is 17.9. The SMILES string of the molecule is CCc1nnc([C@@H]2C(=O)c3oc4ccc(Cl)cc4c(=O)c3[C@@H]2c2ccc(C(C)C)cc2)s1. The molecule has 0 N–H and O–H groups in total. The summed E-state index contributed by atoms with van der Waals surface area (Å²) in [6, 6.07) is 13.0. The van der Waals surface area contributed by atoms with Crippen LogP contribution in [0.4, 0.5) is 0 Å². The first-order valence-corrected chi connectivity index (χ1v) is 11.8. The summed E-state index contributed by atoms with van der Waals surface area (Å²) in [5.74, 6) is -0.872. The van der Waals surface area contributed by atoms with Gasteiger partial charge in [0.25, 0.3) is 0 Å². The zero-order chi connectivity index (χ0) is 22.6. The minimum atomic E-state index is -0.642. The lowest BCUT2D eigenvalue weighted by atomic mass is 9.84. The molecule has 32 heavy (non-hydrogen) atoms. The van der Waals surface area contributed by atoms with Crippen molar-refractivity contribution >= 4 is 39.7 Å². The second-order valence-corrected chi connectivity index (χ2v) is 9.87. The number of aromatic nitrogens is 2. The molecule has 0 saturated carbocycles. The highest BCUT2D eigenvalue weighted by molar-refractivity contribution is 7.11. The number of ketones is 1. The van der Waals surface area contributed by atoms with Crippen molar-refractivity contribution in [1.82, 2.24) is 10.2 Å². The quantitative estimate of drug-likeness (QED) is 0.365. The van der Waals surface area contributed by atoms with E-state index >= 15 is 0 Å². The monoisotopic (exact) mass is 464 g/mol. The van der Waals surface area contributed by atoms with Crippen molar-refractivity contribution in [3.8, 4) is 0 Å². The molecule has 1 aliphatic carbocycles. The molecular formula is C25H21ClN2O3S. The van der Waals surface area contributed by atoms with Gasteiger partial charge in [-0.3, -0.25) is 9.59 Å². The van der Waals surface area contributed by atoms with Crippen molar-refractivity contribution in [3.63, 3.8) is 0 Å². The molecule has 0 unspecified atom stereocenters. The van der Waals surface area contributed by atoms with Crippen LogP contribution in [-0.4, -0.2) is 16.0 Å². The summed E-state index contributed by atoms with van der Waals surface area (Å²) < 4.78 is 6.00. The van der Waals surface area contributed by atoms with Crippen molar-refractivity contribution in [2.75, 3.05) is 0 Å². The lowest BCUT2D eigenvalue weighted by molar-refractivity contribution is 0.0945. The summed E-state index contributed by atoms with van der Waals surface area (Å²) >= 11 is 7.57. The Bertz CT molecular complexity index is 1410. The van der Waals surface area contributed by atoms with Crippen LogP contribution in [0.3, 0.4) is 0 Å². The summed E-state index contributed by atoms with van der Waals surface area (Å²) in [5.41, 5.74) is 2.58. The molecule has 0 radical (unpaired) electrons. The lowest BCUT2D eigenvalue weighted by Crippen LogP contribution is -2.16. The Kier molecular flexibility index (Phi) is 5.22. The summed E-state index contributed by atoms with van der Waals surface area (Å²) in [7, 11) is 0. The summed E-state index contributed by atoms with van der Waals surface area (Å²) in [4.78, 5) is 27.2. The first-order valence-electron chi connectivity index (χ1n) is 10.6. The van der Waals surface area contributed by atoms with Crippen molar-refractivity contribution < 1.29 is 9.21 Å². The molecule has 0 amide bonds. The topological polar surface area (TPSA) is 73.1 Å². The first-order chi connectivity index (χ1) is 15.4. The third kappa shape index (κ3) is 3.29. The van der Waals surface area contributed by atoms with Gasteiger partial charge in [0.1, 0.15) is 15.6 Å². The van der Waals surface area contributed by atoms with E-state index < -0.39 is 11.8 Å². The van der Waals surface area contributed by atoms with Gasteiger partial charge in [-0.05, 0) is 41.7 Å². The van der Waals surface area contributed by atoms with E-state index in [1.807, 2.05) is 19.1 Å². The van der Waals surface area contributed by atoms with Crippen molar-refractivity contribution in [2.45, 2.75) is 44.9 Å². The van der Waals surface area contributed by atoms with Crippen LogP contribution in [-0.2, 0) is 6.42 Å². The fourth-order valence-electron chi connectivity index (χ4n) is 4.34. The lowest BCUT2D eigenvalue weighted by Gasteiger charge is -2.18. The average molecular weight is 465 g/mol. The Balaban J connectivity index is 1.77. The van der Waals surface area contributed by atoms with E-state index in [1.54, 1.807) is 18.2 Å². The third-order valence-corrected chi connectivity index (χ3v) is 7.44. The predicted molar refractivity (Wildman–Crippen MR) is 126 cm³/mol. The maximum absolute atomic E-state index is 13.6. The summed E-state index contributed by atoms with van der Waals surface area (Å²) in [6.07, 6.45) is 0.735. The van der Waals surface area contributed by atoms with E-state index in [9.17, 15) is 9.59 Å². The number of aryl methyl sites for hydroxylation is 1. The van der Waals surface area contributed by atoms with E-state index in [0.29, 0.717) is 32.5 Å². The van der Waals surface area contributed by atoms with Crippen molar-refractivity contribution in [2.24, 2.45) is 0 Å². The van der Waals surface area contributed by atoms with E-state index in [4.69, 9.17) is 16.0 Å². The second kappa shape index (κ2) is 7.94. The van der Waals surface area contributed by atoms with Gasteiger partial charge >= 0.3 is 0 Å². The van der Waals surface area contributed by atoms with Gasteiger partial charge in [0.05, 0.1) is 16.9 Å². The number of carbonyl (C=O) groups is 1. The Morgan fingerprint density at radius 2 is 1.81 bits per heavy atom. The molecule has 0 bridgehead atoms. The number of benzene rings is 2. The van der Waals surface area contributed by atoms with Crippen LogP contribution in [0.15, 0.2) is 51.7 Å². The predicted octanol–water partition coefficient (Wildman–Crippen LogP) is 6.10. The fraction of sp³-hybridized carbons (Fsp3) is 0.280. The van der Waals surface area contributed by atoms with Crippen LogP contribution in [0.1, 0.15) is 75.8 Å². The maximum Gasteiger partial charge on any atom is 0.209 e. The summed E-state index contributed by atoms with van der Waals surface area (Å²) in [6.45, 7) is 6.26. The molecule has 162 valence electrons. The Labute approximate surface area is 194 Å². The van der Waals surface area contributed by atoms with Crippen LogP contribution in [0.25, 0.3) is 11.0 Å². The van der Waals surface area contributed by atoms with Gasteiger partial charge in [0.15, 0.2) is 11.2 Å². The Morgan fingerprint density at radius 3 is 2.47 bits per heavy atom. The minimum absolute atomic E-state index is 0.112. The molecular weight excluding hydrogens is 444 g/mol. The largest absolute Gasteiger partial charge is 0.452 e. The molecule has 2 aromatic carbocycles. The van der Waals surface area contributed by atoms with Gasteiger partial charge in [-0.2, -0.15) is 0 Å². The highest BCUT2D eigenvalue weighted by atomic mass is 35.5. The zero-order valence-corrected chi connectivity index (χ0v) is 19.5. The first kappa shape index (κ1) is 21.0. The molecule has 0 saturated heterocycles. The maximum atomic E-state index is 13.6. The number of Topliss-reactive ketones (excluding diaryl/α,β-unsaturated/α-hetero) is 1. The molecule has 7 heteroatoms. The normalized spacial score (nSPS) is 18.0. The van der Waals surface area contributed by atoms with E-state index in [1.165, 1.54) is 16.9 Å². The van der Waals surface area contributed by atoms with E-state index in [0.717, 1.165) is 17.0 Å². The number of halogens is 1. The standard InChI is InChI=1S/C25H21ClN2O3S/c1-4-18-27-28-25(32-18)21-19(14-7-5-13(6-8-14)12(2)3)20-22(29)16-11-15(26)9-10-17(16)31-24(20)23(21)30/h5-12,19,21H,4H2,1-3H3/t19-,21-/m0/s1. The van der Waals surface area contributed by atoms with Crippen LogP contribution >= 0.6 is 22.9 Å². The highest BCUT2D eigenvalue weighted by Crippen LogP contribution is 2.48. The van der Waals surface area contributed by atoms with Gasteiger partial charge in [-0.1, -0.05) is 56.6 Å². The Morgan fingerprint density at radius 1 is 1.06 bits per heavy atom. The van der Waals surface area contributed by atoms with Gasteiger partial charge in [0.2, 0.25) is 5.78 Å². The fourth-order valence-corrected chi connectivity index (χ4v) is 5.44. The molecule has 2 atom stereocenters. The van der Waals surface area contributed by atoms with Crippen LogP contribution in [0.2, 0.25) is 5.02 Å². The van der Waals surface area contributed by atoms with Crippen molar-refractivity contribution in [1.29, 1.82) is 0 Å². The number of fused-ring (bicyclic) bond motifs is 2. The number of carbonyl (C=O) groups excluding carboxylic acids is 1.